The standard InChI is InChI=1S/C20H18N2O2/c23-20-17-3-1-2-4-18(17)21-19(22-20)13-14-5-7-15(8-6-14)16-9-11-24-12-10-16/h1-9H,10-13H2,(H,21,22,23). The molecular weight excluding hydrogens is 300 g/mol. The molecule has 0 unspecified atom stereocenters. The van der Waals surface area contributed by atoms with Crippen LogP contribution in [0.4, 0.5) is 0 Å². The van der Waals surface area contributed by atoms with Gasteiger partial charge in [0.25, 0.3) is 5.56 Å². The summed E-state index contributed by atoms with van der Waals surface area (Å²) in [4.78, 5) is 19.6. The molecule has 0 atom stereocenters. The van der Waals surface area contributed by atoms with Crippen LogP contribution in [0.2, 0.25) is 0 Å². The summed E-state index contributed by atoms with van der Waals surface area (Å²) >= 11 is 0. The Kier molecular flexibility index (Phi) is 3.97. The van der Waals surface area contributed by atoms with Gasteiger partial charge in [0.05, 0.1) is 24.1 Å². The fraction of sp³-hybridized carbons (Fsp3) is 0.200. The van der Waals surface area contributed by atoms with Crippen LogP contribution in [0, 0.1) is 0 Å². The molecule has 4 nitrogen and oxygen atoms in total. The zero-order chi connectivity index (χ0) is 16.4. The molecule has 0 saturated heterocycles. The third kappa shape index (κ3) is 3.01. The van der Waals surface area contributed by atoms with Crippen molar-refractivity contribution in [2.24, 2.45) is 0 Å². The lowest BCUT2D eigenvalue weighted by Gasteiger charge is -2.14. The molecule has 1 aromatic heterocycles. The molecule has 0 spiro atoms. The van der Waals surface area contributed by atoms with E-state index in [1.807, 2.05) is 18.2 Å². The van der Waals surface area contributed by atoms with E-state index in [4.69, 9.17) is 4.74 Å². The van der Waals surface area contributed by atoms with Crippen molar-refractivity contribution < 1.29 is 4.74 Å². The molecule has 24 heavy (non-hydrogen) atoms. The molecular formula is C20H18N2O2. The smallest absolute Gasteiger partial charge is 0.258 e. The summed E-state index contributed by atoms with van der Waals surface area (Å²) in [5, 5.41) is 0.628. The lowest BCUT2D eigenvalue weighted by atomic mass is 9.99. The Morgan fingerprint density at radius 2 is 1.92 bits per heavy atom. The van der Waals surface area contributed by atoms with Gasteiger partial charge in [0, 0.05) is 6.42 Å². The van der Waals surface area contributed by atoms with Crippen LogP contribution in [0.3, 0.4) is 0 Å². The normalized spacial score (nSPS) is 14.6. The van der Waals surface area contributed by atoms with Crippen molar-refractivity contribution in [2.75, 3.05) is 13.2 Å². The first kappa shape index (κ1) is 14.8. The average molecular weight is 318 g/mol. The molecule has 3 aromatic rings. The summed E-state index contributed by atoms with van der Waals surface area (Å²) in [7, 11) is 0. The van der Waals surface area contributed by atoms with Crippen LogP contribution in [0.5, 0.6) is 0 Å². The summed E-state index contributed by atoms with van der Waals surface area (Å²) in [6.07, 6.45) is 3.71. The Bertz CT molecular complexity index is 955. The monoisotopic (exact) mass is 318 g/mol. The quantitative estimate of drug-likeness (QED) is 0.806. The number of aromatic amines is 1. The first-order valence-electron chi connectivity index (χ1n) is 8.13. The number of aromatic nitrogens is 2. The molecule has 1 N–H and O–H groups in total. The Morgan fingerprint density at radius 1 is 1.08 bits per heavy atom. The molecule has 4 heteroatoms. The van der Waals surface area contributed by atoms with Gasteiger partial charge in [-0.2, -0.15) is 0 Å². The molecule has 2 aromatic carbocycles. The van der Waals surface area contributed by atoms with Gasteiger partial charge in [0.15, 0.2) is 0 Å². The topological polar surface area (TPSA) is 55.0 Å². The summed E-state index contributed by atoms with van der Waals surface area (Å²) in [5.41, 5.74) is 4.36. The van der Waals surface area contributed by atoms with Gasteiger partial charge in [-0.3, -0.25) is 4.79 Å². The predicted octanol–water partition coefficient (Wildman–Crippen LogP) is 3.32. The highest BCUT2D eigenvalue weighted by Gasteiger charge is 2.08. The van der Waals surface area contributed by atoms with Crippen LogP contribution in [0.1, 0.15) is 23.4 Å². The Labute approximate surface area is 139 Å². The van der Waals surface area contributed by atoms with E-state index in [-0.39, 0.29) is 5.56 Å². The number of ether oxygens (including phenoxy) is 1. The molecule has 1 aliphatic heterocycles. The van der Waals surface area contributed by atoms with E-state index >= 15 is 0 Å². The number of H-pyrrole nitrogens is 1. The number of nitrogens with zero attached hydrogens (tertiary/aromatic N) is 1. The second-order valence-electron chi connectivity index (χ2n) is 5.96. The van der Waals surface area contributed by atoms with E-state index in [1.54, 1.807) is 6.07 Å². The second-order valence-corrected chi connectivity index (χ2v) is 5.96. The van der Waals surface area contributed by atoms with Crippen LogP contribution in [-0.2, 0) is 11.2 Å². The maximum absolute atomic E-state index is 12.1. The van der Waals surface area contributed by atoms with Crippen LogP contribution < -0.4 is 5.56 Å². The predicted molar refractivity (Wildman–Crippen MR) is 95.0 cm³/mol. The largest absolute Gasteiger partial charge is 0.377 e. The third-order valence-electron chi connectivity index (χ3n) is 4.32. The minimum Gasteiger partial charge on any atom is -0.377 e. The molecule has 1 aliphatic rings. The molecule has 0 radical (unpaired) electrons. The number of nitrogens with one attached hydrogen (secondary N) is 1. The second kappa shape index (κ2) is 6.42. The Balaban J connectivity index is 1.59. The van der Waals surface area contributed by atoms with Crippen molar-refractivity contribution >= 4 is 16.5 Å². The number of fused-ring (bicyclic) bond motifs is 1. The van der Waals surface area contributed by atoms with Crippen molar-refractivity contribution in [3.63, 3.8) is 0 Å². The van der Waals surface area contributed by atoms with Crippen molar-refractivity contribution in [1.82, 2.24) is 9.97 Å². The molecule has 0 bridgehead atoms. The average Bonchev–Trinajstić information content (AvgIpc) is 2.63. The third-order valence-corrected chi connectivity index (χ3v) is 4.32. The van der Waals surface area contributed by atoms with Gasteiger partial charge in [0.2, 0.25) is 0 Å². The van der Waals surface area contributed by atoms with Gasteiger partial charge >= 0.3 is 0 Å². The highest BCUT2D eigenvalue weighted by Crippen LogP contribution is 2.22. The van der Waals surface area contributed by atoms with E-state index in [9.17, 15) is 4.79 Å². The van der Waals surface area contributed by atoms with Gasteiger partial charge in [-0.15, -0.1) is 0 Å². The molecule has 4 rings (SSSR count). The van der Waals surface area contributed by atoms with E-state index in [0.717, 1.165) is 24.1 Å². The number of hydrogen-bond donors (Lipinski definition) is 1. The molecule has 0 amide bonds. The fourth-order valence-electron chi connectivity index (χ4n) is 3.04. The molecule has 2 heterocycles. The summed E-state index contributed by atoms with van der Waals surface area (Å²) in [6.45, 7) is 1.48. The van der Waals surface area contributed by atoms with Gasteiger partial charge in [-0.05, 0) is 35.3 Å². The van der Waals surface area contributed by atoms with Crippen molar-refractivity contribution in [3.05, 3.63) is 81.9 Å². The Morgan fingerprint density at radius 3 is 2.71 bits per heavy atom. The fourth-order valence-corrected chi connectivity index (χ4v) is 3.04. The van der Waals surface area contributed by atoms with Crippen LogP contribution in [0.15, 0.2) is 59.4 Å². The maximum atomic E-state index is 12.1. The first-order valence-corrected chi connectivity index (χ1v) is 8.13. The minimum absolute atomic E-state index is 0.0837. The minimum atomic E-state index is -0.0837. The number of para-hydroxylation sites is 1. The van der Waals surface area contributed by atoms with Gasteiger partial charge in [-0.25, -0.2) is 4.98 Å². The van der Waals surface area contributed by atoms with Crippen molar-refractivity contribution in [1.29, 1.82) is 0 Å². The van der Waals surface area contributed by atoms with Crippen LogP contribution in [-0.4, -0.2) is 23.2 Å². The SMILES string of the molecule is O=c1[nH]c(Cc2ccc(C3=CCOCC3)cc2)nc2ccccc12. The van der Waals surface area contributed by atoms with E-state index in [2.05, 4.69) is 40.3 Å². The van der Waals surface area contributed by atoms with Gasteiger partial charge in [-0.1, -0.05) is 42.5 Å². The van der Waals surface area contributed by atoms with E-state index in [0.29, 0.717) is 24.2 Å². The van der Waals surface area contributed by atoms with Crippen LogP contribution in [0.25, 0.3) is 16.5 Å². The number of benzene rings is 2. The van der Waals surface area contributed by atoms with Gasteiger partial charge < -0.3 is 9.72 Å². The van der Waals surface area contributed by atoms with Crippen molar-refractivity contribution in [3.8, 4) is 0 Å². The highest BCUT2D eigenvalue weighted by atomic mass is 16.5. The first-order chi connectivity index (χ1) is 11.8. The zero-order valence-electron chi connectivity index (χ0n) is 13.3. The molecule has 120 valence electrons. The Hall–Kier alpha value is -2.72. The number of rotatable bonds is 3. The van der Waals surface area contributed by atoms with Gasteiger partial charge in [0.1, 0.15) is 5.82 Å². The maximum Gasteiger partial charge on any atom is 0.258 e. The van der Waals surface area contributed by atoms with Crippen LogP contribution >= 0.6 is 0 Å². The lowest BCUT2D eigenvalue weighted by molar-refractivity contribution is 0.161. The van der Waals surface area contributed by atoms with E-state index in [1.165, 1.54) is 11.1 Å². The summed E-state index contributed by atoms with van der Waals surface area (Å²) < 4.78 is 5.35. The highest BCUT2D eigenvalue weighted by molar-refractivity contribution is 5.77. The van der Waals surface area contributed by atoms with Crippen molar-refractivity contribution in [2.45, 2.75) is 12.8 Å². The summed E-state index contributed by atoms with van der Waals surface area (Å²) in [5.74, 6) is 0.691. The molecule has 0 saturated carbocycles. The lowest BCUT2D eigenvalue weighted by Crippen LogP contribution is -2.12. The zero-order valence-corrected chi connectivity index (χ0v) is 13.3. The van der Waals surface area contributed by atoms with E-state index < -0.39 is 0 Å². The number of hydrogen-bond acceptors (Lipinski definition) is 3. The summed E-state index contributed by atoms with van der Waals surface area (Å²) in [6, 6.07) is 15.9. The molecule has 0 aliphatic carbocycles. The molecule has 0 fully saturated rings.